The number of para-hydroxylation sites is 1. The van der Waals surface area contributed by atoms with Crippen LogP contribution in [0.15, 0.2) is 24.3 Å². The highest BCUT2D eigenvalue weighted by molar-refractivity contribution is 5.78. The van der Waals surface area contributed by atoms with E-state index in [4.69, 9.17) is 5.73 Å². The summed E-state index contributed by atoms with van der Waals surface area (Å²) in [5.41, 5.74) is 7.65. The second kappa shape index (κ2) is 3.33. The maximum atomic E-state index is 11.2. The number of methoxy groups -OCH3 is 1. The number of nitrogen functional groups attached to an aromatic ring is 1. The molecule has 14 heavy (non-hydrogen) atoms. The number of hydrogen-bond acceptors (Lipinski definition) is 3. The van der Waals surface area contributed by atoms with Gasteiger partial charge in [-0.2, -0.15) is 0 Å². The number of anilines is 1. The van der Waals surface area contributed by atoms with Gasteiger partial charge >= 0.3 is 5.97 Å². The van der Waals surface area contributed by atoms with Gasteiger partial charge in [-0.25, -0.2) is 0 Å². The molecule has 0 aliphatic heterocycles. The number of esters is 1. The van der Waals surface area contributed by atoms with Crippen LogP contribution in [-0.2, 0) is 9.53 Å². The summed E-state index contributed by atoms with van der Waals surface area (Å²) in [6, 6.07) is 7.68. The lowest BCUT2D eigenvalue weighted by Gasteiger charge is -2.03. The third-order valence-electron chi connectivity index (χ3n) is 2.69. The van der Waals surface area contributed by atoms with Crippen molar-refractivity contribution in [3.05, 3.63) is 29.8 Å². The molecule has 1 aliphatic rings. The Morgan fingerprint density at radius 2 is 2.21 bits per heavy atom. The van der Waals surface area contributed by atoms with Gasteiger partial charge in [0.15, 0.2) is 0 Å². The van der Waals surface area contributed by atoms with Gasteiger partial charge in [0.05, 0.1) is 13.0 Å². The fraction of sp³-hybridized carbons (Fsp3) is 0.364. The molecule has 0 spiro atoms. The van der Waals surface area contributed by atoms with Gasteiger partial charge in [-0.15, -0.1) is 0 Å². The number of carbonyl (C=O) groups is 1. The molecule has 1 fully saturated rings. The molecule has 0 radical (unpaired) electrons. The van der Waals surface area contributed by atoms with Crippen LogP contribution in [0.1, 0.15) is 17.9 Å². The zero-order chi connectivity index (χ0) is 10.1. The van der Waals surface area contributed by atoms with E-state index in [2.05, 4.69) is 4.74 Å². The van der Waals surface area contributed by atoms with Crippen molar-refractivity contribution in [1.29, 1.82) is 0 Å². The normalized spacial score (nSPS) is 24.4. The first-order valence-corrected chi connectivity index (χ1v) is 4.66. The van der Waals surface area contributed by atoms with Crippen LogP contribution < -0.4 is 5.73 Å². The molecule has 1 saturated carbocycles. The molecule has 1 aromatic carbocycles. The second-order valence-corrected chi connectivity index (χ2v) is 3.60. The molecule has 2 rings (SSSR count). The van der Waals surface area contributed by atoms with Crippen molar-refractivity contribution >= 4 is 11.7 Å². The number of carbonyl (C=O) groups excluding carboxylic acids is 1. The Bertz CT molecular complexity index is 362. The van der Waals surface area contributed by atoms with Gasteiger partial charge in [0.2, 0.25) is 0 Å². The van der Waals surface area contributed by atoms with Gasteiger partial charge in [0, 0.05) is 11.6 Å². The van der Waals surface area contributed by atoms with E-state index in [1.165, 1.54) is 7.11 Å². The van der Waals surface area contributed by atoms with Crippen LogP contribution in [0.5, 0.6) is 0 Å². The van der Waals surface area contributed by atoms with E-state index in [-0.39, 0.29) is 17.8 Å². The predicted octanol–water partition coefficient (Wildman–Crippen LogP) is 1.55. The highest BCUT2D eigenvalue weighted by Crippen LogP contribution is 2.49. The minimum absolute atomic E-state index is 0.0182. The minimum atomic E-state index is -0.127. The number of rotatable bonds is 2. The quantitative estimate of drug-likeness (QED) is 0.570. The van der Waals surface area contributed by atoms with Crippen LogP contribution >= 0.6 is 0 Å². The molecule has 74 valence electrons. The van der Waals surface area contributed by atoms with Crippen molar-refractivity contribution in [2.75, 3.05) is 12.8 Å². The van der Waals surface area contributed by atoms with Gasteiger partial charge in [-0.1, -0.05) is 18.2 Å². The molecular formula is C11H13NO2. The van der Waals surface area contributed by atoms with Crippen LogP contribution in [0.3, 0.4) is 0 Å². The lowest BCUT2D eigenvalue weighted by atomic mass is 10.1. The molecule has 1 aromatic rings. The smallest absolute Gasteiger partial charge is 0.309 e. The Balaban J connectivity index is 2.13. The van der Waals surface area contributed by atoms with Crippen molar-refractivity contribution in [2.24, 2.45) is 5.92 Å². The lowest BCUT2D eigenvalue weighted by molar-refractivity contribution is -0.142. The minimum Gasteiger partial charge on any atom is -0.469 e. The fourth-order valence-corrected chi connectivity index (χ4v) is 1.80. The molecular weight excluding hydrogens is 178 g/mol. The summed E-state index contributed by atoms with van der Waals surface area (Å²) in [4.78, 5) is 11.2. The summed E-state index contributed by atoms with van der Waals surface area (Å²) < 4.78 is 4.69. The van der Waals surface area contributed by atoms with E-state index in [0.717, 1.165) is 17.7 Å². The Kier molecular flexibility index (Phi) is 2.15. The maximum Gasteiger partial charge on any atom is 0.309 e. The molecule has 3 nitrogen and oxygen atoms in total. The highest BCUT2D eigenvalue weighted by atomic mass is 16.5. The molecule has 0 aromatic heterocycles. The summed E-state index contributed by atoms with van der Waals surface area (Å²) >= 11 is 0. The van der Waals surface area contributed by atoms with Crippen LogP contribution in [0, 0.1) is 5.92 Å². The number of ether oxygens (including phenoxy) is 1. The molecule has 0 amide bonds. The van der Waals surface area contributed by atoms with Gasteiger partial charge < -0.3 is 10.5 Å². The zero-order valence-corrected chi connectivity index (χ0v) is 8.07. The van der Waals surface area contributed by atoms with E-state index in [1.54, 1.807) is 0 Å². The second-order valence-electron chi connectivity index (χ2n) is 3.60. The van der Waals surface area contributed by atoms with Gasteiger partial charge in [-0.3, -0.25) is 4.79 Å². The van der Waals surface area contributed by atoms with Gasteiger partial charge in [0.1, 0.15) is 0 Å². The van der Waals surface area contributed by atoms with Crippen molar-refractivity contribution in [3.63, 3.8) is 0 Å². The summed E-state index contributed by atoms with van der Waals surface area (Å²) in [6.07, 6.45) is 0.862. The van der Waals surface area contributed by atoms with Crippen LogP contribution in [0.2, 0.25) is 0 Å². The SMILES string of the molecule is COC(=O)C1CC1c1ccccc1N. The van der Waals surface area contributed by atoms with Crippen molar-refractivity contribution in [1.82, 2.24) is 0 Å². The first-order chi connectivity index (χ1) is 6.74. The third kappa shape index (κ3) is 1.45. The summed E-state index contributed by atoms with van der Waals surface area (Å²) in [5, 5.41) is 0. The summed E-state index contributed by atoms with van der Waals surface area (Å²) in [6.45, 7) is 0. The summed E-state index contributed by atoms with van der Waals surface area (Å²) in [7, 11) is 1.42. The Morgan fingerprint density at radius 1 is 1.50 bits per heavy atom. The number of benzene rings is 1. The van der Waals surface area contributed by atoms with Gasteiger partial charge in [-0.05, 0) is 18.1 Å². The van der Waals surface area contributed by atoms with E-state index in [9.17, 15) is 4.79 Å². The largest absolute Gasteiger partial charge is 0.469 e. The van der Waals surface area contributed by atoms with Crippen molar-refractivity contribution in [3.8, 4) is 0 Å². The van der Waals surface area contributed by atoms with Crippen LogP contribution in [-0.4, -0.2) is 13.1 Å². The molecule has 3 heteroatoms. The standard InChI is InChI=1S/C11H13NO2/c1-14-11(13)9-6-8(9)7-4-2-3-5-10(7)12/h2-5,8-9H,6,12H2,1H3. The number of nitrogens with two attached hydrogens (primary N) is 1. The van der Waals surface area contributed by atoms with Crippen molar-refractivity contribution < 1.29 is 9.53 Å². The average Bonchev–Trinajstić information content (AvgIpc) is 2.97. The number of hydrogen-bond donors (Lipinski definition) is 1. The molecule has 1 aliphatic carbocycles. The predicted molar refractivity (Wildman–Crippen MR) is 53.7 cm³/mol. The lowest BCUT2D eigenvalue weighted by Crippen LogP contribution is -2.04. The van der Waals surface area contributed by atoms with E-state index < -0.39 is 0 Å². The van der Waals surface area contributed by atoms with E-state index in [0.29, 0.717) is 0 Å². The maximum absolute atomic E-state index is 11.2. The van der Waals surface area contributed by atoms with Crippen molar-refractivity contribution in [2.45, 2.75) is 12.3 Å². The average molecular weight is 191 g/mol. The molecule has 2 unspecified atom stereocenters. The van der Waals surface area contributed by atoms with E-state index >= 15 is 0 Å². The first-order valence-electron chi connectivity index (χ1n) is 4.66. The summed E-state index contributed by atoms with van der Waals surface area (Å²) in [5.74, 6) is 0.159. The molecule has 2 N–H and O–H groups in total. The van der Waals surface area contributed by atoms with Crippen LogP contribution in [0.25, 0.3) is 0 Å². The molecule has 0 saturated heterocycles. The first kappa shape index (κ1) is 9.06. The Hall–Kier alpha value is -1.51. The highest BCUT2D eigenvalue weighted by Gasteiger charge is 2.45. The fourth-order valence-electron chi connectivity index (χ4n) is 1.80. The Labute approximate surface area is 82.9 Å². The molecule has 0 heterocycles. The molecule has 0 bridgehead atoms. The molecule has 2 atom stereocenters. The topological polar surface area (TPSA) is 52.3 Å². The van der Waals surface area contributed by atoms with Crippen LogP contribution in [0.4, 0.5) is 5.69 Å². The van der Waals surface area contributed by atoms with Gasteiger partial charge in [0.25, 0.3) is 0 Å². The third-order valence-corrected chi connectivity index (χ3v) is 2.69. The zero-order valence-electron chi connectivity index (χ0n) is 8.07. The monoisotopic (exact) mass is 191 g/mol. The van der Waals surface area contributed by atoms with E-state index in [1.807, 2.05) is 24.3 Å². The Morgan fingerprint density at radius 3 is 2.86 bits per heavy atom.